The Morgan fingerprint density at radius 3 is 2.20 bits per heavy atom. The number of hydrogen-bond donors (Lipinski definition) is 1. The number of rotatable bonds is 10. The number of anilines is 1. The average molecular weight is 612 g/mol. The first-order valence-electron chi connectivity index (χ1n) is 15.6. The number of para-hydroxylation sites is 1. The highest BCUT2D eigenvalue weighted by Gasteiger charge is 2.28. The van der Waals surface area contributed by atoms with Gasteiger partial charge in [-0.05, 0) is 60.8 Å². The van der Waals surface area contributed by atoms with Crippen molar-refractivity contribution in [2.75, 3.05) is 57.3 Å². The molecule has 4 aromatic rings. The molecule has 6 rings (SSSR count). The summed E-state index contributed by atoms with van der Waals surface area (Å²) >= 11 is 6.63. The van der Waals surface area contributed by atoms with Crippen molar-refractivity contribution in [1.29, 1.82) is 0 Å². The highest BCUT2D eigenvalue weighted by molar-refractivity contribution is 6.33. The van der Waals surface area contributed by atoms with Gasteiger partial charge in [0, 0.05) is 46.4 Å². The normalized spacial score (nSPS) is 16.5. The average Bonchev–Trinajstić information content (AvgIpc) is 3.08. The fourth-order valence-electron chi connectivity index (χ4n) is 6.17. The number of piperazine rings is 1. The summed E-state index contributed by atoms with van der Waals surface area (Å²) in [4.78, 5) is 24.7. The van der Waals surface area contributed by atoms with Gasteiger partial charge in [0.05, 0.1) is 17.1 Å². The zero-order valence-electron chi connectivity index (χ0n) is 25.1. The maximum Gasteiger partial charge on any atom is 0.253 e. The third kappa shape index (κ3) is 7.78. The lowest BCUT2D eigenvalue weighted by molar-refractivity contribution is 0.0946. The second kappa shape index (κ2) is 14.7. The maximum atomic E-state index is 12.6. The Balaban J connectivity index is 0.00000400. The zero-order valence-corrected chi connectivity index (χ0v) is 25.8. The van der Waals surface area contributed by atoms with Crippen molar-refractivity contribution in [3.05, 3.63) is 113 Å². The molecule has 0 saturated carbocycles. The molecular weight excluding hydrogens is 570 g/mol. The highest BCUT2D eigenvalue weighted by Crippen LogP contribution is 2.27. The number of carbonyl (C=O) groups excluding carboxylic acids is 1. The van der Waals surface area contributed by atoms with E-state index in [1.54, 1.807) is 12.3 Å². The van der Waals surface area contributed by atoms with Crippen LogP contribution in [0.15, 0.2) is 97.2 Å². The molecule has 3 heterocycles. The van der Waals surface area contributed by atoms with Crippen molar-refractivity contribution in [1.82, 2.24) is 20.1 Å². The third-order valence-corrected chi connectivity index (χ3v) is 8.92. The van der Waals surface area contributed by atoms with E-state index >= 15 is 0 Å². The number of pyridine rings is 1. The summed E-state index contributed by atoms with van der Waals surface area (Å²) in [7, 11) is 0. The Bertz CT molecular complexity index is 1490. The van der Waals surface area contributed by atoms with E-state index < -0.39 is 0 Å². The number of aromatic nitrogens is 1. The number of hydrogen-bond acceptors (Lipinski definition) is 6. The van der Waals surface area contributed by atoms with E-state index in [1.807, 2.05) is 30.3 Å². The standard InChI is InChI=1S/C36H40ClN5O2.H2/c37-34-25-31(36(43)38-17-24-44-33-9-5-2-6-10-33)26-39-35(34)42-22-20-41(21-23-42)32-15-18-40(19-16-32)27-28-11-13-30(14-12-28)29-7-3-1-4-8-29;/h1-14,25-26,32H,15-24,27H2,(H,38,43);1H. The molecule has 0 bridgehead atoms. The van der Waals surface area contributed by atoms with Gasteiger partial charge in [0.15, 0.2) is 0 Å². The van der Waals surface area contributed by atoms with E-state index in [0.29, 0.717) is 29.8 Å². The molecule has 0 atom stereocenters. The summed E-state index contributed by atoms with van der Waals surface area (Å²) in [6.07, 6.45) is 4.01. The Morgan fingerprint density at radius 2 is 1.52 bits per heavy atom. The summed E-state index contributed by atoms with van der Waals surface area (Å²) in [5.74, 6) is 1.33. The summed E-state index contributed by atoms with van der Waals surface area (Å²) in [5, 5.41) is 3.39. The van der Waals surface area contributed by atoms with Gasteiger partial charge in [-0.25, -0.2) is 4.98 Å². The summed E-state index contributed by atoms with van der Waals surface area (Å²) in [6.45, 7) is 7.79. The second-order valence-electron chi connectivity index (χ2n) is 11.5. The van der Waals surface area contributed by atoms with Crippen LogP contribution in [0.3, 0.4) is 0 Å². The van der Waals surface area contributed by atoms with Crippen LogP contribution >= 0.6 is 11.6 Å². The van der Waals surface area contributed by atoms with Gasteiger partial charge in [0.25, 0.3) is 5.91 Å². The van der Waals surface area contributed by atoms with E-state index in [1.165, 1.54) is 29.5 Å². The van der Waals surface area contributed by atoms with Crippen molar-refractivity contribution in [2.45, 2.75) is 25.4 Å². The number of piperidine rings is 1. The molecule has 3 aromatic carbocycles. The van der Waals surface area contributed by atoms with Crippen LogP contribution in [-0.2, 0) is 6.54 Å². The molecule has 0 unspecified atom stereocenters. The van der Waals surface area contributed by atoms with Crippen molar-refractivity contribution in [2.24, 2.45) is 0 Å². The predicted molar refractivity (Wildman–Crippen MR) is 180 cm³/mol. The minimum Gasteiger partial charge on any atom is -0.492 e. The van der Waals surface area contributed by atoms with E-state index in [-0.39, 0.29) is 7.33 Å². The first-order valence-corrected chi connectivity index (χ1v) is 16.0. The lowest BCUT2D eigenvalue weighted by Gasteiger charge is -2.43. The van der Waals surface area contributed by atoms with Gasteiger partial charge in [0.1, 0.15) is 18.2 Å². The molecule has 2 aliphatic heterocycles. The summed E-state index contributed by atoms with van der Waals surface area (Å²) in [5.41, 5.74) is 4.36. The van der Waals surface area contributed by atoms with E-state index in [2.05, 4.69) is 79.6 Å². The van der Waals surface area contributed by atoms with E-state index in [9.17, 15) is 4.79 Å². The van der Waals surface area contributed by atoms with Crippen molar-refractivity contribution < 1.29 is 11.0 Å². The van der Waals surface area contributed by atoms with Gasteiger partial charge in [-0.15, -0.1) is 0 Å². The molecule has 0 aliphatic carbocycles. The number of carbonyl (C=O) groups is 1. The number of ether oxygens (including phenoxy) is 1. The van der Waals surface area contributed by atoms with Crippen LogP contribution in [0.2, 0.25) is 5.02 Å². The summed E-state index contributed by atoms with van der Waals surface area (Å²) in [6, 6.07) is 31.5. The van der Waals surface area contributed by atoms with Gasteiger partial charge in [-0.2, -0.15) is 0 Å². The van der Waals surface area contributed by atoms with Crippen molar-refractivity contribution in [3.63, 3.8) is 0 Å². The molecule has 0 radical (unpaired) electrons. The molecule has 1 N–H and O–H groups in total. The Morgan fingerprint density at radius 1 is 0.864 bits per heavy atom. The smallest absolute Gasteiger partial charge is 0.253 e. The minimum absolute atomic E-state index is 0. The molecule has 1 aromatic heterocycles. The minimum atomic E-state index is -0.206. The number of benzene rings is 3. The highest BCUT2D eigenvalue weighted by atomic mass is 35.5. The molecule has 2 saturated heterocycles. The number of likely N-dealkylation sites (tertiary alicyclic amines) is 1. The van der Waals surface area contributed by atoms with Crippen LogP contribution in [0.25, 0.3) is 11.1 Å². The predicted octanol–water partition coefficient (Wildman–Crippen LogP) is 6.24. The molecular formula is C36H42ClN5O2. The molecule has 2 fully saturated rings. The van der Waals surface area contributed by atoms with E-state index in [0.717, 1.165) is 57.4 Å². The maximum absolute atomic E-state index is 12.6. The summed E-state index contributed by atoms with van der Waals surface area (Å²) < 4.78 is 5.64. The quantitative estimate of drug-likeness (QED) is 0.214. The van der Waals surface area contributed by atoms with Gasteiger partial charge in [0.2, 0.25) is 0 Å². The molecule has 7 nitrogen and oxygen atoms in total. The van der Waals surface area contributed by atoms with Crippen LogP contribution in [0.1, 0.15) is 30.2 Å². The first-order chi connectivity index (χ1) is 21.6. The van der Waals surface area contributed by atoms with Crippen molar-refractivity contribution in [3.8, 4) is 16.9 Å². The lowest BCUT2D eigenvalue weighted by atomic mass is 10.0. The van der Waals surface area contributed by atoms with Gasteiger partial charge in [-0.3, -0.25) is 14.6 Å². The van der Waals surface area contributed by atoms with Gasteiger partial charge >= 0.3 is 0 Å². The molecule has 8 heteroatoms. The van der Waals surface area contributed by atoms with Crippen LogP contribution in [0.4, 0.5) is 5.82 Å². The third-order valence-electron chi connectivity index (χ3n) is 8.64. The molecule has 230 valence electrons. The van der Waals surface area contributed by atoms with E-state index in [4.69, 9.17) is 16.3 Å². The molecule has 44 heavy (non-hydrogen) atoms. The Kier molecular flexibility index (Phi) is 10.1. The van der Waals surface area contributed by atoms with Gasteiger partial charge in [-0.1, -0.05) is 84.4 Å². The number of nitrogens with zero attached hydrogens (tertiary/aromatic N) is 4. The first kappa shape index (κ1) is 30.1. The molecule has 2 aliphatic rings. The number of nitrogens with one attached hydrogen (secondary N) is 1. The SMILES string of the molecule is O=C(NCCOc1ccccc1)c1cnc(N2CCN(C3CCN(Cc4ccc(-c5ccccc5)cc4)CC3)CC2)c(Cl)c1.[HH]. The largest absolute Gasteiger partial charge is 0.492 e. The van der Waals surface area contributed by atoms with Gasteiger partial charge < -0.3 is 15.0 Å². The fraction of sp³-hybridized carbons (Fsp3) is 0.333. The molecule has 0 spiro atoms. The fourth-order valence-corrected chi connectivity index (χ4v) is 6.46. The number of amides is 1. The van der Waals surface area contributed by atoms with Crippen LogP contribution in [-0.4, -0.2) is 79.2 Å². The lowest BCUT2D eigenvalue weighted by Crippen LogP contribution is -2.53. The monoisotopic (exact) mass is 611 g/mol. The van der Waals surface area contributed by atoms with Crippen LogP contribution < -0.4 is 15.0 Å². The Hall–Kier alpha value is -3.91. The second-order valence-corrected chi connectivity index (χ2v) is 11.9. The topological polar surface area (TPSA) is 60.9 Å². The number of halogens is 1. The van der Waals surface area contributed by atoms with Crippen molar-refractivity contribution >= 4 is 23.3 Å². The Labute approximate surface area is 266 Å². The zero-order chi connectivity index (χ0) is 30.1. The molecule has 1 amide bonds. The van der Waals surface area contributed by atoms with Crippen LogP contribution in [0.5, 0.6) is 5.75 Å². The van der Waals surface area contributed by atoms with Crippen LogP contribution in [0, 0.1) is 0 Å².